The van der Waals surface area contributed by atoms with Crippen molar-refractivity contribution in [3.8, 4) is 0 Å². The van der Waals surface area contributed by atoms with E-state index in [1.54, 1.807) is 0 Å². The summed E-state index contributed by atoms with van der Waals surface area (Å²) in [5.41, 5.74) is 1.87. The molecule has 1 rings (SSSR count). The summed E-state index contributed by atoms with van der Waals surface area (Å²) in [4.78, 5) is 10.9. The van der Waals surface area contributed by atoms with E-state index in [1.165, 1.54) is 0 Å². The van der Waals surface area contributed by atoms with Gasteiger partial charge in [-0.2, -0.15) is 0 Å². The lowest BCUT2D eigenvalue weighted by Gasteiger charge is -2.23. The minimum atomic E-state index is -0.903. The second kappa shape index (κ2) is 7.92. The molecule has 0 aliphatic heterocycles. The minimum absolute atomic E-state index is 0.0846. The van der Waals surface area contributed by atoms with Crippen LogP contribution in [-0.2, 0) is 4.79 Å². The highest BCUT2D eigenvalue weighted by molar-refractivity contribution is 5.67. The SMILES string of the molecule is CCCCNC(CC(=O)O)C(O)c1ccc(C)cc1. The van der Waals surface area contributed by atoms with Gasteiger partial charge in [-0.1, -0.05) is 43.2 Å². The van der Waals surface area contributed by atoms with Gasteiger partial charge in [-0.25, -0.2) is 0 Å². The molecule has 4 nitrogen and oxygen atoms in total. The molecule has 1 aromatic carbocycles. The Balaban J connectivity index is 2.71. The number of hydrogen-bond donors (Lipinski definition) is 3. The highest BCUT2D eigenvalue weighted by Crippen LogP contribution is 2.19. The van der Waals surface area contributed by atoms with Gasteiger partial charge in [0.25, 0.3) is 0 Å². The van der Waals surface area contributed by atoms with E-state index in [4.69, 9.17) is 5.11 Å². The van der Waals surface area contributed by atoms with Crippen molar-refractivity contribution in [3.63, 3.8) is 0 Å². The number of nitrogens with one attached hydrogen (secondary N) is 1. The molecule has 0 aromatic heterocycles. The van der Waals surface area contributed by atoms with Crippen molar-refractivity contribution in [1.29, 1.82) is 0 Å². The van der Waals surface area contributed by atoms with E-state index in [0.29, 0.717) is 0 Å². The molecule has 0 aliphatic carbocycles. The fourth-order valence-corrected chi connectivity index (χ4v) is 1.94. The molecule has 3 N–H and O–H groups in total. The number of carboxylic acid groups (broad SMARTS) is 1. The second-order valence-electron chi connectivity index (χ2n) is 4.87. The zero-order valence-electron chi connectivity index (χ0n) is 11.6. The molecule has 0 saturated carbocycles. The summed E-state index contributed by atoms with van der Waals surface area (Å²) in [6.07, 6.45) is 1.12. The number of aryl methyl sites for hydroxylation is 1. The van der Waals surface area contributed by atoms with E-state index in [9.17, 15) is 9.90 Å². The summed E-state index contributed by atoms with van der Waals surface area (Å²) in [5.74, 6) is -0.903. The normalized spacial score (nSPS) is 14.1. The predicted molar refractivity (Wildman–Crippen MR) is 75.1 cm³/mol. The summed E-state index contributed by atoms with van der Waals surface area (Å²) in [5, 5.41) is 22.4. The Morgan fingerprint density at radius 1 is 1.32 bits per heavy atom. The van der Waals surface area contributed by atoms with Crippen molar-refractivity contribution in [2.24, 2.45) is 0 Å². The minimum Gasteiger partial charge on any atom is -0.481 e. The smallest absolute Gasteiger partial charge is 0.305 e. The van der Waals surface area contributed by atoms with Crippen LogP contribution in [0.3, 0.4) is 0 Å². The maximum absolute atomic E-state index is 10.9. The number of aliphatic carboxylic acids is 1. The molecule has 19 heavy (non-hydrogen) atoms. The standard InChI is InChI=1S/C15H23NO3/c1-3-4-9-16-13(10-14(17)18)15(19)12-7-5-11(2)6-8-12/h5-8,13,15-16,19H,3-4,9-10H2,1-2H3,(H,17,18). The molecule has 0 amide bonds. The van der Waals surface area contributed by atoms with Crippen LogP contribution in [-0.4, -0.2) is 28.8 Å². The van der Waals surface area contributed by atoms with Crippen LogP contribution in [0.15, 0.2) is 24.3 Å². The Bertz CT molecular complexity index is 389. The van der Waals surface area contributed by atoms with Crippen LogP contribution in [0.25, 0.3) is 0 Å². The summed E-state index contributed by atoms with van der Waals surface area (Å²) >= 11 is 0. The molecule has 0 saturated heterocycles. The van der Waals surface area contributed by atoms with Crippen molar-refractivity contribution in [2.75, 3.05) is 6.54 Å². The van der Waals surface area contributed by atoms with Gasteiger partial charge in [0.05, 0.1) is 12.5 Å². The monoisotopic (exact) mass is 265 g/mol. The third-order valence-electron chi connectivity index (χ3n) is 3.13. The molecule has 0 fully saturated rings. The van der Waals surface area contributed by atoms with Gasteiger partial charge in [0.1, 0.15) is 0 Å². The fourth-order valence-electron chi connectivity index (χ4n) is 1.94. The molecule has 0 heterocycles. The number of aliphatic hydroxyl groups is 1. The third kappa shape index (κ3) is 5.41. The lowest BCUT2D eigenvalue weighted by molar-refractivity contribution is -0.138. The zero-order chi connectivity index (χ0) is 14.3. The van der Waals surface area contributed by atoms with Gasteiger partial charge in [-0.05, 0) is 25.5 Å². The van der Waals surface area contributed by atoms with Gasteiger partial charge >= 0.3 is 5.97 Å². The Labute approximate surface area is 114 Å². The molecule has 106 valence electrons. The molecular formula is C15H23NO3. The van der Waals surface area contributed by atoms with Crippen molar-refractivity contribution >= 4 is 5.97 Å². The predicted octanol–water partition coefficient (Wildman–Crippen LogP) is 2.26. The Kier molecular flexibility index (Phi) is 6.53. The quantitative estimate of drug-likeness (QED) is 0.631. The molecule has 0 bridgehead atoms. The molecule has 4 heteroatoms. The number of benzene rings is 1. The van der Waals surface area contributed by atoms with Crippen LogP contribution in [0.4, 0.5) is 0 Å². The summed E-state index contributed by atoms with van der Waals surface area (Å²) < 4.78 is 0. The largest absolute Gasteiger partial charge is 0.481 e. The Morgan fingerprint density at radius 3 is 2.47 bits per heavy atom. The first-order chi connectivity index (χ1) is 9.04. The van der Waals surface area contributed by atoms with Crippen LogP contribution < -0.4 is 5.32 Å². The first-order valence-corrected chi connectivity index (χ1v) is 6.74. The summed E-state index contributed by atoms with van der Waals surface area (Å²) in [6.45, 7) is 4.77. The Morgan fingerprint density at radius 2 is 1.95 bits per heavy atom. The maximum atomic E-state index is 10.9. The average Bonchev–Trinajstić information content (AvgIpc) is 2.37. The van der Waals surface area contributed by atoms with E-state index >= 15 is 0 Å². The van der Waals surface area contributed by atoms with E-state index in [1.807, 2.05) is 31.2 Å². The van der Waals surface area contributed by atoms with Crippen molar-refractivity contribution < 1.29 is 15.0 Å². The molecule has 2 unspecified atom stereocenters. The number of hydrogen-bond acceptors (Lipinski definition) is 3. The highest BCUT2D eigenvalue weighted by atomic mass is 16.4. The van der Waals surface area contributed by atoms with Gasteiger partial charge in [-0.15, -0.1) is 0 Å². The topological polar surface area (TPSA) is 69.6 Å². The van der Waals surface area contributed by atoms with Gasteiger partial charge in [0.2, 0.25) is 0 Å². The first-order valence-electron chi connectivity index (χ1n) is 6.74. The second-order valence-corrected chi connectivity index (χ2v) is 4.87. The van der Waals surface area contributed by atoms with E-state index in [0.717, 1.165) is 30.5 Å². The molecule has 1 aromatic rings. The average molecular weight is 265 g/mol. The summed E-state index contributed by atoms with van der Waals surface area (Å²) in [6, 6.07) is 7.07. The zero-order valence-corrected chi connectivity index (χ0v) is 11.6. The van der Waals surface area contributed by atoms with Gasteiger partial charge < -0.3 is 15.5 Å². The molecule has 2 atom stereocenters. The van der Waals surface area contributed by atoms with Gasteiger partial charge in [0, 0.05) is 6.04 Å². The van der Waals surface area contributed by atoms with Crippen LogP contribution in [0.5, 0.6) is 0 Å². The number of unbranched alkanes of at least 4 members (excludes halogenated alkanes) is 1. The Hall–Kier alpha value is -1.39. The first kappa shape index (κ1) is 15.7. The number of rotatable bonds is 8. The van der Waals surface area contributed by atoms with Crippen LogP contribution >= 0.6 is 0 Å². The molecule has 0 aliphatic rings. The van der Waals surface area contributed by atoms with Crippen LogP contribution in [0.1, 0.15) is 43.4 Å². The van der Waals surface area contributed by atoms with Crippen molar-refractivity contribution in [1.82, 2.24) is 5.32 Å². The summed E-state index contributed by atoms with van der Waals surface area (Å²) in [7, 11) is 0. The van der Waals surface area contributed by atoms with E-state index in [-0.39, 0.29) is 6.42 Å². The molecule has 0 spiro atoms. The van der Waals surface area contributed by atoms with Crippen LogP contribution in [0.2, 0.25) is 0 Å². The number of carbonyl (C=O) groups is 1. The molecule has 0 radical (unpaired) electrons. The van der Waals surface area contributed by atoms with Crippen LogP contribution in [0, 0.1) is 6.92 Å². The third-order valence-corrected chi connectivity index (χ3v) is 3.13. The lowest BCUT2D eigenvalue weighted by atomic mass is 9.98. The van der Waals surface area contributed by atoms with E-state index in [2.05, 4.69) is 12.2 Å². The number of carboxylic acids is 1. The fraction of sp³-hybridized carbons (Fsp3) is 0.533. The van der Waals surface area contributed by atoms with Gasteiger partial charge in [0.15, 0.2) is 0 Å². The lowest BCUT2D eigenvalue weighted by Crippen LogP contribution is -2.37. The molecular weight excluding hydrogens is 242 g/mol. The van der Waals surface area contributed by atoms with Crippen molar-refractivity contribution in [3.05, 3.63) is 35.4 Å². The number of aliphatic hydroxyl groups excluding tert-OH is 1. The highest BCUT2D eigenvalue weighted by Gasteiger charge is 2.22. The van der Waals surface area contributed by atoms with E-state index < -0.39 is 18.1 Å². The van der Waals surface area contributed by atoms with Gasteiger partial charge in [-0.3, -0.25) is 4.79 Å². The maximum Gasteiger partial charge on any atom is 0.305 e. The van der Waals surface area contributed by atoms with Crippen molar-refractivity contribution in [2.45, 2.75) is 45.3 Å².